The maximum Gasteiger partial charge on any atom is 0.251 e. The minimum Gasteiger partial charge on any atom is -0.394 e. The maximum absolute atomic E-state index is 12.1. The van der Waals surface area contributed by atoms with Crippen LogP contribution in [0, 0.1) is 0 Å². The molecule has 1 aliphatic carbocycles. The topological polar surface area (TPSA) is 49.3 Å². The van der Waals surface area contributed by atoms with Crippen molar-refractivity contribution in [2.45, 2.75) is 45.1 Å². The molecular weight excluding hydrogens is 226 g/mol. The first-order chi connectivity index (χ1) is 8.52. The van der Waals surface area contributed by atoms with Gasteiger partial charge in [-0.25, -0.2) is 0 Å². The average Bonchev–Trinajstić information content (AvgIpc) is 2.37. The molecule has 0 heterocycles. The fraction of sp³-hybridized carbons (Fsp3) is 0.533. The van der Waals surface area contributed by atoms with E-state index in [1.807, 2.05) is 26.0 Å². The molecule has 2 N–H and O–H groups in total. The Morgan fingerprint density at radius 2 is 1.94 bits per heavy atom. The highest BCUT2D eigenvalue weighted by atomic mass is 16.3. The number of benzene rings is 1. The lowest BCUT2D eigenvalue weighted by atomic mass is 9.90. The van der Waals surface area contributed by atoms with Crippen molar-refractivity contribution in [1.82, 2.24) is 5.32 Å². The van der Waals surface area contributed by atoms with Crippen molar-refractivity contribution in [2.24, 2.45) is 0 Å². The number of aryl methyl sites for hydroxylation is 2. The third kappa shape index (κ3) is 2.91. The quantitative estimate of drug-likeness (QED) is 0.859. The molecule has 0 fully saturated rings. The molecule has 0 atom stereocenters. The molecule has 0 spiro atoms. The van der Waals surface area contributed by atoms with E-state index in [9.17, 15) is 4.79 Å². The average molecular weight is 247 g/mol. The fourth-order valence-corrected chi connectivity index (χ4v) is 2.29. The summed E-state index contributed by atoms with van der Waals surface area (Å²) in [4.78, 5) is 12.1. The van der Waals surface area contributed by atoms with E-state index in [-0.39, 0.29) is 12.5 Å². The molecule has 1 aliphatic rings. The van der Waals surface area contributed by atoms with Gasteiger partial charge in [0, 0.05) is 5.56 Å². The smallest absolute Gasteiger partial charge is 0.251 e. The van der Waals surface area contributed by atoms with Crippen LogP contribution in [0.15, 0.2) is 18.2 Å². The third-order valence-electron chi connectivity index (χ3n) is 3.46. The Morgan fingerprint density at radius 3 is 2.61 bits per heavy atom. The highest BCUT2D eigenvalue weighted by Gasteiger charge is 2.20. The lowest BCUT2D eigenvalue weighted by molar-refractivity contribution is 0.0869. The van der Waals surface area contributed by atoms with Crippen molar-refractivity contribution in [2.75, 3.05) is 6.61 Å². The molecular formula is C15H21NO2. The Bertz CT molecular complexity index is 452. The van der Waals surface area contributed by atoms with Crippen molar-refractivity contribution < 1.29 is 9.90 Å². The second kappa shape index (κ2) is 5.11. The number of amides is 1. The summed E-state index contributed by atoms with van der Waals surface area (Å²) in [6.07, 6.45) is 4.65. The van der Waals surface area contributed by atoms with E-state index in [0.29, 0.717) is 5.56 Å². The monoisotopic (exact) mass is 247 g/mol. The predicted molar refractivity (Wildman–Crippen MR) is 71.7 cm³/mol. The van der Waals surface area contributed by atoms with Crippen LogP contribution in [-0.2, 0) is 12.8 Å². The number of carbonyl (C=O) groups is 1. The number of fused-ring (bicyclic) bond motifs is 1. The molecule has 1 amide bonds. The first-order valence-corrected chi connectivity index (χ1v) is 6.57. The normalized spacial score (nSPS) is 15.1. The fourth-order valence-electron chi connectivity index (χ4n) is 2.29. The summed E-state index contributed by atoms with van der Waals surface area (Å²) >= 11 is 0. The predicted octanol–water partition coefficient (Wildman–Crippen LogP) is 2.07. The van der Waals surface area contributed by atoms with Gasteiger partial charge < -0.3 is 10.4 Å². The van der Waals surface area contributed by atoms with Gasteiger partial charge in [-0.1, -0.05) is 6.07 Å². The lowest BCUT2D eigenvalue weighted by Gasteiger charge is -2.24. The molecule has 0 saturated heterocycles. The van der Waals surface area contributed by atoms with Crippen LogP contribution < -0.4 is 5.32 Å². The van der Waals surface area contributed by atoms with Crippen LogP contribution in [0.25, 0.3) is 0 Å². The number of aliphatic hydroxyl groups excluding tert-OH is 1. The zero-order chi connectivity index (χ0) is 13.2. The van der Waals surface area contributed by atoms with Gasteiger partial charge in [0.05, 0.1) is 12.1 Å². The van der Waals surface area contributed by atoms with E-state index in [0.717, 1.165) is 12.8 Å². The van der Waals surface area contributed by atoms with Gasteiger partial charge in [0.25, 0.3) is 5.91 Å². The van der Waals surface area contributed by atoms with Crippen LogP contribution in [0.3, 0.4) is 0 Å². The largest absolute Gasteiger partial charge is 0.394 e. The minimum absolute atomic E-state index is 0.0658. The van der Waals surface area contributed by atoms with Crippen LogP contribution >= 0.6 is 0 Å². The van der Waals surface area contributed by atoms with E-state index in [2.05, 4.69) is 11.4 Å². The molecule has 0 aromatic heterocycles. The highest BCUT2D eigenvalue weighted by Crippen LogP contribution is 2.22. The molecule has 2 rings (SSSR count). The molecule has 1 aromatic carbocycles. The number of nitrogens with one attached hydrogen (secondary N) is 1. The summed E-state index contributed by atoms with van der Waals surface area (Å²) in [5.74, 6) is -0.109. The second-order valence-corrected chi connectivity index (χ2v) is 5.69. The van der Waals surface area contributed by atoms with Crippen molar-refractivity contribution in [3.05, 3.63) is 34.9 Å². The summed E-state index contributed by atoms with van der Waals surface area (Å²) in [7, 11) is 0. The van der Waals surface area contributed by atoms with Crippen LogP contribution in [0.5, 0.6) is 0 Å². The van der Waals surface area contributed by atoms with Gasteiger partial charge in [0.1, 0.15) is 0 Å². The molecule has 0 bridgehead atoms. The Balaban J connectivity index is 2.16. The number of aliphatic hydroxyl groups is 1. The second-order valence-electron chi connectivity index (χ2n) is 5.69. The zero-order valence-electron chi connectivity index (χ0n) is 11.1. The van der Waals surface area contributed by atoms with Gasteiger partial charge in [-0.3, -0.25) is 4.79 Å². The van der Waals surface area contributed by atoms with Gasteiger partial charge in [-0.2, -0.15) is 0 Å². The molecule has 0 unspecified atom stereocenters. The Kier molecular flexibility index (Phi) is 3.71. The van der Waals surface area contributed by atoms with Gasteiger partial charge in [-0.15, -0.1) is 0 Å². The van der Waals surface area contributed by atoms with Gasteiger partial charge in [-0.05, 0) is 62.8 Å². The van der Waals surface area contributed by atoms with Crippen LogP contribution in [0.2, 0.25) is 0 Å². The van der Waals surface area contributed by atoms with Crippen molar-refractivity contribution in [3.63, 3.8) is 0 Å². The van der Waals surface area contributed by atoms with Gasteiger partial charge in [0.15, 0.2) is 0 Å². The molecule has 0 saturated carbocycles. The summed E-state index contributed by atoms with van der Waals surface area (Å²) < 4.78 is 0. The summed E-state index contributed by atoms with van der Waals surface area (Å²) in [6.45, 7) is 3.55. The lowest BCUT2D eigenvalue weighted by Crippen LogP contribution is -2.46. The molecule has 1 aromatic rings. The van der Waals surface area contributed by atoms with Crippen molar-refractivity contribution in [1.29, 1.82) is 0 Å². The Labute approximate surface area is 108 Å². The zero-order valence-corrected chi connectivity index (χ0v) is 11.1. The molecule has 98 valence electrons. The van der Waals surface area contributed by atoms with E-state index in [4.69, 9.17) is 5.11 Å². The van der Waals surface area contributed by atoms with Crippen molar-refractivity contribution in [3.8, 4) is 0 Å². The number of rotatable bonds is 3. The molecule has 3 nitrogen and oxygen atoms in total. The van der Waals surface area contributed by atoms with E-state index >= 15 is 0 Å². The van der Waals surface area contributed by atoms with E-state index < -0.39 is 5.54 Å². The van der Waals surface area contributed by atoms with E-state index in [1.54, 1.807) is 0 Å². The first kappa shape index (κ1) is 13.1. The van der Waals surface area contributed by atoms with E-state index in [1.165, 1.54) is 24.0 Å². The summed E-state index contributed by atoms with van der Waals surface area (Å²) in [6, 6.07) is 5.94. The van der Waals surface area contributed by atoms with Crippen molar-refractivity contribution >= 4 is 5.91 Å². The molecule has 18 heavy (non-hydrogen) atoms. The van der Waals surface area contributed by atoms with Gasteiger partial charge in [0.2, 0.25) is 0 Å². The highest BCUT2D eigenvalue weighted by molar-refractivity contribution is 5.95. The number of carbonyl (C=O) groups excluding carboxylic acids is 1. The SMILES string of the molecule is CC(C)(CO)NC(=O)c1ccc2c(c1)CCCC2. The molecule has 3 heteroatoms. The third-order valence-corrected chi connectivity index (χ3v) is 3.46. The minimum atomic E-state index is -0.576. The molecule has 0 aliphatic heterocycles. The Hall–Kier alpha value is -1.35. The van der Waals surface area contributed by atoms with Crippen LogP contribution in [0.1, 0.15) is 48.2 Å². The van der Waals surface area contributed by atoms with Crippen LogP contribution in [-0.4, -0.2) is 23.2 Å². The first-order valence-electron chi connectivity index (χ1n) is 6.57. The van der Waals surface area contributed by atoms with Gasteiger partial charge >= 0.3 is 0 Å². The number of hydrogen-bond donors (Lipinski definition) is 2. The maximum atomic E-state index is 12.1. The molecule has 0 radical (unpaired) electrons. The summed E-state index contributed by atoms with van der Waals surface area (Å²) in [5.41, 5.74) is 2.79. The Morgan fingerprint density at radius 1 is 1.28 bits per heavy atom. The van der Waals surface area contributed by atoms with Crippen LogP contribution in [0.4, 0.5) is 0 Å². The summed E-state index contributed by atoms with van der Waals surface area (Å²) in [5, 5.41) is 12.0. The standard InChI is InChI=1S/C15H21NO2/c1-15(2,10-17)16-14(18)13-8-7-11-5-3-4-6-12(11)9-13/h7-9,17H,3-6,10H2,1-2H3,(H,16,18). The number of hydrogen-bond acceptors (Lipinski definition) is 2.